The molecule has 1 atom stereocenters. The van der Waals surface area contributed by atoms with Crippen LogP contribution in [-0.4, -0.2) is 52.4 Å². The monoisotopic (exact) mass is 316 g/mol. The molecule has 122 valence electrons. The summed E-state index contributed by atoms with van der Waals surface area (Å²) in [4.78, 5) is 39.9. The van der Waals surface area contributed by atoms with E-state index in [-0.39, 0.29) is 17.9 Å². The molecule has 0 radical (unpaired) electrons. The van der Waals surface area contributed by atoms with Crippen LogP contribution in [0.5, 0.6) is 0 Å². The number of benzene rings is 1. The summed E-state index contributed by atoms with van der Waals surface area (Å²) >= 11 is 0. The second kappa shape index (κ2) is 5.37. The van der Waals surface area contributed by atoms with Crippen molar-refractivity contribution in [2.45, 2.75) is 38.8 Å². The molecule has 6 heteroatoms. The van der Waals surface area contributed by atoms with Crippen LogP contribution in [0, 0.1) is 0 Å². The van der Waals surface area contributed by atoms with Crippen LogP contribution in [0.25, 0.3) is 0 Å². The lowest BCUT2D eigenvalue weighted by Crippen LogP contribution is -2.43. The van der Waals surface area contributed by atoms with Crippen LogP contribution < -0.4 is 0 Å². The zero-order valence-electron chi connectivity index (χ0n) is 13.5. The summed E-state index contributed by atoms with van der Waals surface area (Å²) in [6.07, 6.45) is 0.168. The van der Waals surface area contributed by atoms with Gasteiger partial charge in [-0.3, -0.25) is 14.5 Å². The Bertz CT molecular complexity index is 642. The molecule has 2 aliphatic heterocycles. The minimum absolute atomic E-state index is 0.276. The predicted octanol–water partition coefficient (Wildman–Crippen LogP) is 2.29. The van der Waals surface area contributed by atoms with Gasteiger partial charge in [0.05, 0.1) is 17.2 Å². The standard InChI is InChI=1S/C17H20N2O4/c1-17(2,3)23-16(22)18-9-8-11(10-18)19-14(20)12-6-4-5-7-13(12)15(19)21/h4-7,11H,8-10H2,1-3H3/t11-/m0/s1. The molecule has 0 unspecified atom stereocenters. The van der Waals surface area contributed by atoms with E-state index < -0.39 is 11.7 Å². The number of rotatable bonds is 1. The number of nitrogens with zero attached hydrogens (tertiary/aromatic N) is 2. The highest BCUT2D eigenvalue weighted by molar-refractivity contribution is 6.21. The summed E-state index contributed by atoms with van der Waals surface area (Å²) in [5.74, 6) is -0.553. The van der Waals surface area contributed by atoms with Crippen LogP contribution in [-0.2, 0) is 4.74 Å². The molecule has 0 spiro atoms. The number of likely N-dealkylation sites (tertiary alicyclic amines) is 1. The fourth-order valence-corrected chi connectivity index (χ4v) is 2.98. The summed E-state index contributed by atoms with van der Waals surface area (Å²) in [6.45, 7) is 6.22. The number of fused-ring (bicyclic) bond motifs is 1. The number of carbonyl (C=O) groups is 3. The topological polar surface area (TPSA) is 66.9 Å². The van der Waals surface area contributed by atoms with E-state index in [0.29, 0.717) is 30.6 Å². The van der Waals surface area contributed by atoms with E-state index in [4.69, 9.17) is 4.74 Å². The second-order valence-corrected chi connectivity index (χ2v) is 6.89. The first kappa shape index (κ1) is 15.5. The summed E-state index contributed by atoms with van der Waals surface area (Å²) in [5.41, 5.74) is 0.312. The maximum atomic E-state index is 12.5. The lowest BCUT2D eigenvalue weighted by molar-refractivity contribution is 0.0273. The normalized spacial score (nSPS) is 20.9. The summed E-state index contributed by atoms with van der Waals surface area (Å²) in [6, 6.07) is 6.52. The average molecular weight is 316 g/mol. The Morgan fingerprint density at radius 2 is 1.70 bits per heavy atom. The van der Waals surface area contributed by atoms with Crippen molar-refractivity contribution in [3.63, 3.8) is 0 Å². The van der Waals surface area contributed by atoms with Gasteiger partial charge >= 0.3 is 6.09 Å². The highest BCUT2D eigenvalue weighted by Crippen LogP contribution is 2.28. The molecular weight excluding hydrogens is 296 g/mol. The maximum absolute atomic E-state index is 12.5. The molecule has 6 nitrogen and oxygen atoms in total. The van der Waals surface area contributed by atoms with Gasteiger partial charge in [0.2, 0.25) is 0 Å². The molecule has 0 aromatic heterocycles. The fraction of sp³-hybridized carbons (Fsp3) is 0.471. The van der Waals surface area contributed by atoms with Gasteiger partial charge in [-0.25, -0.2) is 4.79 Å². The first-order chi connectivity index (χ1) is 10.8. The summed E-state index contributed by atoms with van der Waals surface area (Å²) in [5, 5.41) is 0. The van der Waals surface area contributed by atoms with Crippen molar-refractivity contribution in [2.24, 2.45) is 0 Å². The van der Waals surface area contributed by atoms with Gasteiger partial charge in [-0.15, -0.1) is 0 Å². The highest BCUT2D eigenvalue weighted by Gasteiger charge is 2.43. The van der Waals surface area contributed by atoms with E-state index in [1.54, 1.807) is 29.2 Å². The SMILES string of the molecule is CC(C)(C)OC(=O)N1CC[C@H](N2C(=O)c3ccccc3C2=O)C1. The van der Waals surface area contributed by atoms with Gasteiger partial charge in [0, 0.05) is 13.1 Å². The number of amides is 3. The number of hydrogen-bond donors (Lipinski definition) is 0. The number of imide groups is 1. The quantitative estimate of drug-likeness (QED) is 0.746. The maximum Gasteiger partial charge on any atom is 0.410 e. The van der Waals surface area contributed by atoms with Gasteiger partial charge in [0.1, 0.15) is 5.60 Å². The Labute approximate surface area is 135 Å². The summed E-state index contributed by atoms with van der Waals surface area (Å²) < 4.78 is 5.35. The van der Waals surface area contributed by atoms with Crippen molar-refractivity contribution in [3.8, 4) is 0 Å². The first-order valence-corrected chi connectivity index (χ1v) is 7.73. The zero-order valence-corrected chi connectivity index (χ0v) is 13.5. The molecule has 0 saturated carbocycles. The molecule has 1 aromatic carbocycles. The van der Waals surface area contributed by atoms with Crippen molar-refractivity contribution in [2.75, 3.05) is 13.1 Å². The first-order valence-electron chi connectivity index (χ1n) is 7.73. The van der Waals surface area contributed by atoms with Crippen LogP contribution in [0.4, 0.5) is 4.79 Å². The van der Waals surface area contributed by atoms with Gasteiger partial charge in [-0.2, -0.15) is 0 Å². The Morgan fingerprint density at radius 1 is 1.13 bits per heavy atom. The third-order valence-corrected chi connectivity index (χ3v) is 4.01. The molecule has 0 aliphatic carbocycles. The molecule has 1 fully saturated rings. The van der Waals surface area contributed by atoms with E-state index in [0.717, 1.165) is 0 Å². The number of ether oxygens (including phenoxy) is 1. The minimum atomic E-state index is -0.565. The number of carbonyl (C=O) groups excluding carboxylic acids is 3. The van der Waals surface area contributed by atoms with E-state index in [9.17, 15) is 14.4 Å². The average Bonchev–Trinajstić information content (AvgIpc) is 3.03. The lowest BCUT2D eigenvalue weighted by Gasteiger charge is -2.25. The van der Waals surface area contributed by atoms with Crippen molar-refractivity contribution in [1.82, 2.24) is 9.80 Å². The van der Waals surface area contributed by atoms with Gasteiger partial charge in [0.15, 0.2) is 0 Å². The van der Waals surface area contributed by atoms with Crippen molar-refractivity contribution >= 4 is 17.9 Å². The van der Waals surface area contributed by atoms with E-state index >= 15 is 0 Å². The fourth-order valence-electron chi connectivity index (χ4n) is 2.98. The predicted molar refractivity (Wildman–Crippen MR) is 83.2 cm³/mol. The third kappa shape index (κ3) is 2.81. The van der Waals surface area contributed by atoms with Crippen LogP contribution in [0.2, 0.25) is 0 Å². The Hall–Kier alpha value is -2.37. The molecule has 0 N–H and O–H groups in total. The van der Waals surface area contributed by atoms with E-state index in [1.807, 2.05) is 20.8 Å². The highest BCUT2D eigenvalue weighted by atomic mass is 16.6. The molecule has 3 amide bonds. The molecule has 0 bridgehead atoms. The van der Waals surface area contributed by atoms with Gasteiger partial charge in [0.25, 0.3) is 11.8 Å². The molecule has 3 rings (SSSR count). The van der Waals surface area contributed by atoms with Crippen molar-refractivity contribution in [1.29, 1.82) is 0 Å². The third-order valence-electron chi connectivity index (χ3n) is 4.01. The molecule has 23 heavy (non-hydrogen) atoms. The van der Waals surface area contributed by atoms with Crippen LogP contribution >= 0.6 is 0 Å². The van der Waals surface area contributed by atoms with E-state index in [1.165, 1.54) is 4.90 Å². The largest absolute Gasteiger partial charge is 0.444 e. The molecular formula is C17H20N2O4. The van der Waals surface area contributed by atoms with Gasteiger partial charge in [-0.1, -0.05) is 12.1 Å². The van der Waals surface area contributed by atoms with Gasteiger partial charge < -0.3 is 9.64 Å². The van der Waals surface area contributed by atoms with E-state index in [2.05, 4.69) is 0 Å². The lowest BCUT2D eigenvalue weighted by atomic mass is 10.1. The Morgan fingerprint density at radius 3 is 2.22 bits per heavy atom. The van der Waals surface area contributed by atoms with Crippen LogP contribution in [0.3, 0.4) is 0 Å². The van der Waals surface area contributed by atoms with Gasteiger partial charge in [-0.05, 0) is 39.3 Å². The Kier molecular flexibility index (Phi) is 3.62. The smallest absolute Gasteiger partial charge is 0.410 e. The van der Waals surface area contributed by atoms with Crippen LogP contribution in [0.15, 0.2) is 24.3 Å². The van der Waals surface area contributed by atoms with Crippen molar-refractivity contribution in [3.05, 3.63) is 35.4 Å². The molecule has 1 saturated heterocycles. The Balaban J connectivity index is 1.72. The summed E-state index contributed by atoms with van der Waals surface area (Å²) in [7, 11) is 0. The number of hydrogen-bond acceptors (Lipinski definition) is 4. The molecule has 2 aliphatic rings. The minimum Gasteiger partial charge on any atom is -0.444 e. The van der Waals surface area contributed by atoms with Crippen LogP contribution in [0.1, 0.15) is 47.9 Å². The molecule has 1 aromatic rings. The van der Waals surface area contributed by atoms with Crippen molar-refractivity contribution < 1.29 is 19.1 Å². The zero-order chi connectivity index (χ0) is 16.8. The molecule has 2 heterocycles. The second-order valence-electron chi connectivity index (χ2n) is 6.89.